The summed E-state index contributed by atoms with van der Waals surface area (Å²) in [4.78, 5) is 1.08. The number of hydrogen-bond donors (Lipinski definition) is 0. The first-order chi connectivity index (χ1) is 10.6. The van der Waals surface area contributed by atoms with Crippen molar-refractivity contribution in [1.82, 2.24) is 4.37 Å². The largest absolute Gasteiger partial charge is 1.00 e. The van der Waals surface area contributed by atoms with Gasteiger partial charge in [0, 0.05) is 11.8 Å². The quantitative estimate of drug-likeness (QED) is 0.676. The summed E-state index contributed by atoms with van der Waals surface area (Å²) in [7, 11) is 1.69. The molecule has 112 valence electrons. The maximum absolute atomic E-state index is 11.3. The Bertz CT molecular complexity index is 812. The van der Waals surface area contributed by atoms with E-state index in [4.69, 9.17) is 4.74 Å². The first-order valence-electron chi connectivity index (χ1n) is 6.98. The molecule has 0 aliphatic rings. The number of ether oxygens (including phenoxy) is 1. The fourth-order valence-electron chi connectivity index (χ4n) is 2.46. The number of aromatic nitrogens is 1. The second-order valence-corrected chi connectivity index (χ2v) is 6.02. The molecule has 0 amide bonds. The van der Waals surface area contributed by atoms with Gasteiger partial charge in [-0.1, -0.05) is 30.3 Å². The summed E-state index contributed by atoms with van der Waals surface area (Å²) in [5.74, 6) is 0.894. The number of rotatable bonds is 3. The molecule has 3 rings (SSSR count). The number of methoxy groups -OCH3 is 1. The molecule has 3 aromatic rings. The van der Waals surface area contributed by atoms with Gasteiger partial charge in [0.25, 0.3) is 0 Å². The minimum Gasteiger partial charge on any atom is -0.872 e. The first-order valence-corrected chi connectivity index (χ1v) is 7.75. The summed E-state index contributed by atoms with van der Waals surface area (Å²) >= 11 is 1.45. The van der Waals surface area contributed by atoms with Crippen molar-refractivity contribution in [2.24, 2.45) is 0 Å². The van der Waals surface area contributed by atoms with E-state index in [1.54, 1.807) is 19.2 Å². The van der Waals surface area contributed by atoms with Crippen molar-refractivity contribution in [3.05, 3.63) is 53.7 Å². The van der Waals surface area contributed by atoms with Crippen LogP contribution < -0.4 is 39.4 Å². The molecule has 1 aromatic heterocycles. The van der Waals surface area contributed by atoms with Gasteiger partial charge < -0.3 is 9.84 Å². The average molecular weight is 333 g/mol. The van der Waals surface area contributed by atoms with Gasteiger partial charge in [0.05, 0.1) is 12.0 Å². The Morgan fingerprint density at radius 1 is 1.04 bits per heavy atom. The molecule has 0 fully saturated rings. The molecule has 0 atom stereocenters. The average Bonchev–Trinajstić information content (AvgIpc) is 3.00. The zero-order chi connectivity index (χ0) is 15.7. The van der Waals surface area contributed by atoms with Crippen molar-refractivity contribution in [2.75, 3.05) is 7.11 Å². The summed E-state index contributed by atoms with van der Waals surface area (Å²) in [6, 6.07) is 11.0. The van der Waals surface area contributed by atoms with Crippen LogP contribution in [0.3, 0.4) is 0 Å². The Balaban J connectivity index is 0.00000192. The van der Waals surface area contributed by atoms with Gasteiger partial charge in [0.1, 0.15) is 5.75 Å². The van der Waals surface area contributed by atoms with Gasteiger partial charge in [-0.3, -0.25) is 0 Å². The van der Waals surface area contributed by atoms with Gasteiger partial charge in [-0.2, -0.15) is 4.37 Å². The topological polar surface area (TPSA) is 45.2 Å². The second-order valence-electron chi connectivity index (χ2n) is 5.21. The molecule has 1 heterocycles. The Hall–Kier alpha value is -1.33. The zero-order valence-corrected chi connectivity index (χ0v) is 16.5. The fraction of sp³-hybridized carbons (Fsp3) is 0.167. The van der Waals surface area contributed by atoms with Crippen LogP contribution in [-0.4, -0.2) is 11.5 Å². The number of hydrogen-bond acceptors (Lipinski definition) is 4. The van der Waals surface area contributed by atoms with Crippen LogP contribution in [0, 0.1) is 13.8 Å². The maximum Gasteiger partial charge on any atom is 1.00 e. The van der Waals surface area contributed by atoms with E-state index in [1.807, 2.05) is 24.4 Å². The molecule has 0 N–H and O–H groups in total. The minimum atomic E-state index is 0. The van der Waals surface area contributed by atoms with E-state index < -0.39 is 0 Å². The van der Waals surface area contributed by atoms with Crippen LogP contribution in [0.5, 0.6) is 11.5 Å². The smallest absolute Gasteiger partial charge is 0.872 e. The molecule has 0 bridgehead atoms. The fourth-order valence-corrected chi connectivity index (χ4v) is 3.21. The van der Waals surface area contributed by atoms with Crippen molar-refractivity contribution in [1.29, 1.82) is 0 Å². The van der Waals surface area contributed by atoms with Crippen LogP contribution in [0.2, 0.25) is 0 Å². The zero-order valence-electron chi connectivity index (χ0n) is 13.7. The van der Waals surface area contributed by atoms with E-state index in [9.17, 15) is 5.11 Å². The Kier molecular flexibility index (Phi) is 5.87. The van der Waals surface area contributed by atoms with Crippen LogP contribution in [0.25, 0.3) is 21.6 Å². The monoisotopic (exact) mass is 333 g/mol. The molecule has 23 heavy (non-hydrogen) atoms. The van der Waals surface area contributed by atoms with E-state index in [-0.39, 0.29) is 35.3 Å². The van der Waals surface area contributed by atoms with E-state index >= 15 is 0 Å². The Morgan fingerprint density at radius 2 is 1.74 bits per heavy atom. The van der Waals surface area contributed by atoms with Crippen molar-refractivity contribution in [3.63, 3.8) is 0 Å². The molecule has 3 nitrogen and oxygen atoms in total. The molecular weight excluding hydrogens is 317 g/mol. The Morgan fingerprint density at radius 3 is 2.39 bits per heavy atom. The summed E-state index contributed by atoms with van der Waals surface area (Å²) in [6.45, 7) is 4.13. The first kappa shape index (κ1) is 18.0. The standard InChI is InChI=1S/C18H17NO2S.Na/c1-11-8-14(9-17(21-3)12(11)2)18-16(10-19-22-18)13-4-6-15(20)7-5-13;/h4-10,20H,1-3H3;/q;+1/p-1. The molecule has 0 aliphatic carbocycles. The molecule has 0 spiro atoms. The Labute approximate surface area is 162 Å². The van der Waals surface area contributed by atoms with Crippen LogP contribution in [-0.2, 0) is 0 Å². The third-order valence-corrected chi connectivity index (χ3v) is 4.69. The molecule has 0 saturated carbocycles. The molecule has 0 saturated heterocycles. The third-order valence-electron chi connectivity index (χ3n) is 3.84. The number of benzene rings is 2. The van der Waals surface area contributed by atoms with Crippen molar-refractivity contribution in [3.8, 4) is 33.1 Å². The van der Waals surface area contributed by atoms with Crippen molar-refractivity contribution in [2.45, 2.75) is 13.8 Å². The SMILES string of the molecule is COc1cc(-c2sncc2-c2ccc([O-])cc2)cc(C)c1C.[Na+]. The molecule has 0 unspecified atom stereocenters. The van der Waals surface area contributed by atoms with Gasteiger partial charge in [0.15, 0.2) is 0 Å². The maximum atomic E-state index is 11.3. The minimum absolute atomic E-state index is 0. The van der Waals surface area contributed by atoms with Gasteiger partial charge in [-0.05, 0) is 53.7 Å². The summed E-state index contributed by atoms with van der Waals surface area (Å²) in [5.41, 5.74) is 5.45. The van der Waals surface area contributed by atoms with E-state index in [2.05, 4.69) is 24.3 Å². The van der Waals surface area contributed by atoms with Crippen molar-refractivity contribution >= 4 is 11.5 Å². The van der Waals surface area contributed by atoms with Gasteiger partial charge in [-0.25, -0.2) is 0 Å². The predicted octanol–water partition coefficient (Wildman–Crippen LogP) is 1.18. The molecule has 0 radical (unpaired) electrons. The second kappa shape index (κ2) is 7.49. The van der Waals surface area contributed by atoms with E-state index in [0.29, 0.717) is 0 Å². The van der Waals surface area contributed by atoms with Gasteiger partial charge in [-0.15, -0.1) is 5.75 Å². The van der Waals surface area contributed by atoms with Crippen molar-refractivity contribution < 1.29 is 39.4 Å². The molecule has 2 aromatic carbocycles. The number of nitrogens with zero attached hydrogens (tertiary/aromatic N) is 1. The third kappa shape index (κ3) is 3.61. The predicted molar refractivity (Wildman–Crippen MR) is 88.5 cm³/mol. The summed E-state index contributed by atoms with van der Waals surface area (Å²) in [5, 5.41) is 11.3. The van der Waals surface area contributed by atoms with Gasteiger partial charge in [0.2, 0.25) is 0 Å². The van der Waals surface area contributed by atoms with E-state index in [1.165, 1.54) is 17.1 Å². The number of aryl methyl sites for hydroxylation is 1. The summed E-state index contributed by atoms with van der Waals surface area (Å²) in [6.07, 6.45) is 1.85. The van der Waals surface area contributed by atoms with Crippen LogP contribution >= 0.6 is 11.5 Å². The van der Waals surface area contributed by atoms with Gasteiger partial charge >= 0.3 is 29.6 Å². The molecule has 5 heteroatoms. The molecule has 0 aliphatic heterocycles. The van der Waals surface area contributed by atoms with E-state index in [0.717, 1.165) is 32.9 Å². The molecular formula is C18H16NNaO2S. The normalized spacial score (nSPS) is 10.2. The summed E-state index contributed by atoms with van der Waals surface area (Å²) < 4.78 is 9.80. The van der Waals surface area contributed by atoms with Crippen LogP contribution in [0.4, 0.5) is 0 Å². The van der Waals surface area contributed by atoms with Crippen LogP contribution in [0.1, 0.15) is 11.1 Å². The van der Waals surface area contributed by atoms with Crippen LogP contribution in [0.15, 0.2) is 42.6 Å².